The van der Waals surface area contributed by atoms with Crippen LogP contribution in [0, 0.1) is 11.8 Å². The summed E-state index contributed by atoms with van der Waals surface area (Å²) >= 11 is 5.77. The number of halogens is 1. The lowest BCUT2D eigenvalue weighted by Gasteiger charge is -2.23. The second-order valence-electron chi connectivity index (χ2n) is 4.47. The predicted molar refractivity (Wildman–Crippen MR) is 60.9 cm³/mol. The highest BCUT2D eigenvalue weighted by Crippen LogP contribution is 2.13. The van der Waals surface area contributed by atoms with Gasteiger partial charge in [0.1, 0.15) is 0 Å². The average molecular weight is 220 g/mol. The monoisotopic (exact) mass is 219 g/mol. The number of hydrogen-bond acceptors (Lipinski definition) is 2. The number of rotatable bonds is 6. The summed E-state index contributed by atoms with van der Waals surface area (Å²) in [7, 11) is 0. The van der Waals surface area contributed by atoms with Gasteiger partial charge in [-0.1, -0.05) is 13.8 Å². The van der Waals surface area contributed by atoms with E-state index >= 15 is 0 Å². The fraction of sp³-hybridized carbons (Fsp3) is 1.00. The lowest BCUT2D eigenvalue weighted by molar-refractivity contribution is 0.183. The molecule has 1 heterocycles. The Kier molecular flexibility index (Phi) is 5.83. The fourth-order valence-electron chi connectivity index (χ4n) is 1.85. The maximum atomic E-state index is 5.77. The van der Waals surface area contributed by atoms with Crippen LogP contribution < -0.4 is 5.32 Å². The lowest BCUT2D eigenvalue weighted by Crippen LogP contribution is -2.37. The Morgan fingerprint density at radius 1 is 1.50 bits per heavy atom. The van der Waals surface area contributed by atoms with E-state index in [1.54, 1.807) is 0 Å². The van der Waals surface area contributed by atoms with Crippen LogP contribution >= 0.6 is 11.6 Å². The first kappa shape index (κ1) is 12.3. The van der Waals surface area contributed by atoms with E-state index in [0.717, 1.165) is 32.1 Å². The van der Waals surface area contributed by atoms with Crippen LogP contribution in [0.1, 0.15) is 26.7 Å². The Morgan fingerprint density at radius 3 is 2.79 bits per heavy atom. The second-order valence-corrected chi connectivity index (χ2v) is 4.84. The first-order chi connectivity index (χ1) is 6.74. The van der Waals surface area contributed by atoms with Gasteiger partial charge in [-0.15, -0.1) is 11.6 Å². The Morgan fingerprint density at radius 2 is 2.29 bits per heavy atom. The standard InChI is InChI=1S/C11H22ClNO/c1-9(2)11(3-5-12)13-7-10-4-6-14-8-10/h9-11,13H,3-8H2,1-2H3. The molecule has 1 aliphatic heterocycles. The first-order valence-electron chi connectivity index (χ1n) is 5.61. The van der Waals surface area contributed by atoms with Gasteiger partial charge in [0.2, 0.25) is 0 Å². The molecular weight excluding hydrogens is 198 g/mol. The number of hydrogen-bond donors (Lipinski definition) is 1. The minimum absolute atomic E-state index is 0.563. The minimum atomic E-state index is 0.563. The van der Waals surface area contributed by atoms with Crippen LogP contribution in [0.3, 0.4) is 0 Å². The molecule has 2 nitrogen and oxygen atoms in total. The van der Waals surface area contributed by atoms with Crippen molar-refractivity contribution in [2.75, 3.05) is 25.6 Å². The second kappa shape index (κ2) is 6.65. The van der Waals surface area contributed by atoms with E-state index in [-0.39, 0.29) is 0 Å². The summed E-state index contributed by atoms with van der Waals surface area (Å²) in [6.07, 6.45) is 2.27. The van der Waals surface area contributed by atoms with Gasteiger partial charge >= 0.3 is 0 Å². The Balaban J connectivity index is 2.17. The molecule has 0 amide bonds. The molecule has 14 heavy (non-hydrogen) atoms. The van der Waals surface area contributed by atoms with E-state index < -0.39 is 0 Å². The van der Waals surface area contributed by atoms with Gasteiger partial charge in [-0.05, 0) is 24.7 Å². The molecule has 1 N–H and O–H groups in total. The van der Waals surface area contributed by atoms with Gasteiger partial charge < -0.3 is 10.1 Å². The van der Waals surface area contributed by atoms with E-state index in [0.29, 0.717) is 17.9 Å². The van der Waals surface area contributed by atoms with Crippen molar-refractivity contribution in [2.45, 2.75) is 32.7 Å². The molecule has 1 fully saturated rings. The van der Waals surface area contributed by atoms with Crippen molar-refractivity contribution in [3.63, 3.8) is 0 Å². The van der Waals surface area contributed by atoms with Crippen LogP contribution in [0.2, 0.25) is 0 Å². The molecule has 2 unspecified atom stereocenters. The van der Waals surface area contributed by atoms with Gasteiger partial charge in [0.05, 0.1) is 6.61 Å². The summed E-state index contributed by atoms with van der Waals surface area (Å²) in [5.74, 6) is 2.12. The Bertz CT molecular complexity index is 146. The molecule has 0 aromatic carbocycles. The van der Waals surface area contributed by atoms with Gasteiger partial charge in [0.25, 0.3) is 0 Å². The van der Waals surface area contributed by atoms with E-state index in [9.17, 15) is 0 Å². The molecule has 0 bridgehead atoms. The van der Waals surface area contributed by atoms with Crippen molar-refractivity contribution < 1.29 is 4.74 Å². The molecule has 1 saturated heterocycles. The molecule has 0 radical (unpaired) electrons. The summed E-state index contributed by atoms with van der Waals surface area (Å²) < 4.78 is 5.34. The molecule has 84 valence electrons. The quantitative estimate of drug-likeness (QED) is 0.693. The molecule has 0 saturated carbocycles. The third-order valence-corrected chi connectivity index (χ3v) is 3.14. The third kappa shape index (κ3) is 4.16. The van der Waals surface area contributed by atoms with Crippen LogP contribution in [0.5, 0.6) is 0 Å². The summed E-state index contributed by atoms with van der Waals surface area (Å²) in [6.45, 7) is 7.44. The summed E-state index contributed by atoms with van der Waals surface area (Å²) in [5, 5.41) is 3.60. The smallest absolute Gasteiger partial charge is 0.0507 e. The number of nitrogens with one attached hydrogen (secondary N) is 1. The largest absolute Gasteiger partial charge is 0.381 e. The Hall–Kier alpha value is 0.210. The highest BCUT2D eigenvalue weighted by atomic mass is 35.5. The molecule has 0 spiro atoms. The molecule has 1 rings (SSSR count). The summed E-state index contributed by atoms with van der Waals surface area (Å²) in [4.78, 5) is 0. The molecular formula is C11H22ClNO. The summed E-state index contributed by atoms with van der Waals surface area (Å²) in [6, 6.07) is 0.563. The molecule has 0 aromatic heterocycles. The molecule has 0 aliphatic carbocycles. The van der Waals surface area contributed by atoms with Gasteiger partial charge in [-0.2, -0.15) is 0 Å². The fourth-order valence-corrected chi connectivity index (χ4v) is 2.09. The normalized spacial score (nSPS) is 24.4. The highest BCUT2D eigenvalue weighted by molar-refractivity contribution is 6.17. The Labute approximate surface area is 92.3 Å². The molecule has 3 heteroatoms. The van der Waals surface area contributed by atoms with E-state index in [1.807, 2.05) is 0 Å². The van der Waals surface area contributed by atoms with E-state index in [4.69, 9.17) is 16.3 Å². The zero-order valence-corrected chi connectivity index (χ0v) is 10.0. The first-order valence-corrected chi connectivity index (χ1v) is 6.14. The SMILES string of the molecule is CC(C)C(CCCl)NCC1CCOC1. The van der Waals surface area contributed by atoms with Crippen molar-refractivity contribution in [3.05, 3.63) is 0 Å². The van der Waals surface area contributed by atoms with Crippen molar-refractivity contribution in [3.8, 4) is 0 Å². The van der Waals surface area contributed by atoms with Crippen molar-refractivity contribution in [1.82, 2.24) is 5.32 Å². The highest BCUT2D eigenvalue weighted by Gasteiger charge is 2.18. The van der Waals surface area contributed by atoms with Gasteiger partial charge in [0.15, 0.2) is 0 Å². The maximum absolute atomic E-state index is 5.77. The zero-order chi connectivity index (χ0) is 10.4. The average Bonchev–Trinajstić information content (AvgIpc) is 2.64. The topological polar surface area (TPSA) is 21.3 Å². The van der Waals surface area contributed by atoms with Crippen molar-refractivity contribution in [2.24, 2.45) is 11.8 Å². The van der Waals surface area contributed by atoms with E-state index in [1.165, 1.54) is 6.42 Å². The van der Waals surface area contributed by atoms with Gasteiger partial charge in [-0.3, -0.25) is 0 Å². The predicted octanol–water partition coefficient (Wildman–Crippen LogP) is 2.27. The minimum Gasteiger partial charge on any atom is -0.381 e. The molecule has 0 aromatic rings. The number of alkyl halides is 1. The van der Waals surface area contributed by atoms with Crippen LogP contribution in [0.15, 0.2) is 0 Å². The van der Waals surface area contributed by atoms with Crippen LogP contribution in [-0.2, 0) is 4.74 Å². The maximum Gasteiger partial charge on any atom is 0.0507 e. The van der Waals surface area contributed by atoms with Crippen molar-refractivity contribution in [1.29, 1.82) is 0 Å². The number of ether oxygens (including phenoxy) is 1. The third-order valence-electron chi connectivity index (χ3n) is 2.92. The van der Waals surface area contributed by atoms with Gasteiger partial charge in [-0.25, -0.2) is 0 Å². The van der Waals surface area contributed by atoms with E-state index in [2.05, 4.69) is 19.2 Å². The summed E-state index contributed by atoms with van der Waals surface area (Å²) in [5.41, 5.74) is 0. The van der Waals surface area contributed by atoms with Crippen molar-refractivity contribution >= 4 is 11.6 Å². The van der Waals surface area contributed by atoms with Crippen LogP contribution in [0.25, 0.3) is 0 Å². The van der Waals surface area contributed by atoms with Gasteiger partial charge in [0, 0.05) is 25.1 Å². The lowest BCUT2D eigenvalue weighted by atomic mass is 10.0. The zero-order valence-electron chi connectivity index (χ0n) is 9.26. The van der Waals surface area contributed by atoms with Crippen LogP contribution in [0.4, 0.5) is 0 Å². The molecule has 1 aliphatic rings. The molecule has 2 atom stereocenters. The van der Waals surface area contributed by atoms with Crippen LogP contribution in [-0.4, -0.2) is 31.7 Å².